The van der Waals surface area contributed by atoms with Crippen LogP contribution in [0, 0.1) is 11.8 Å². The Balaban J connectivity index is 1.33. The van der Waals surface area contributed by atoms with Crippen molar-refractivity contribution in [3.05, 3.63) is 46.7 Å². The molecule has 200 valence electrons. The normalized spacial score (nSPS) is 19.4. The first-order valence-electron chi connectivity index (χ1n) is 12.4. The van der Waals surface area contributed by atoms with Crippen LogP contribution >= 0.6 is 11.3 Å². The van der Waals surface area contributed by atoms with Gasteiger partial charge in [0.1, 0.15) is 12.4 Å². The summed E-state index contributed by atoms with van der Waals surface area (Å²) in [5, 5.41) is 5.13. The van der Waals surface area contributed by atoms with E-state index in [0.717, 1.165) is 25.7 Å². The van der Waals surface area contributed by atoms with E-state index >= 15 is 0 Å². The van der Waals surface area contributed by atoms with Gasteiger partial charge >= 0.3 is 0 Å². The molecule has 1 saturated carbocycles. The number of ether oxygens (including phenoxy) is 2. The van der Waals surface area contributed by atoms with Gasteiger partial charge in [-0.05, 0) is 87.3 Å². The fraction of sp³-hybridized carbons (Fsp3) is 0.577. The van der Waals surface area contributed by atoms with Crippen LogP contribution in [0.15, 0.2) is 46.7 Å². The van der Waals surface area contributed by atoms with Crippen molar-refractivity contribution in [2.24, 2.45) is 11.8 Å². The van der Waals surface area contributed by atoms with Gasteiger partial charge in [0.05, 0.1) is 18.6 Å². The fourth-order valence-electron chi connectivity index (χ4n) is 4.79. The highest BCUT2D eigenvalue weighted by molar-refractivity contribution is 7.89. The van der Waals surface area contributed by atoms with E-state index in [1.165, 1.54) is 35.5 Å². The molecule has 1 aliphatic carbocycles. The number of hydrogen-bond acceptors (Lipinski definition) is 7. The standard InChI is InChI=1S/C26H39N3O5S2/c1-28(2)26(24-6-5-17-35-24)21-9-7-20(8-10-21)18-27-25(30)19-34-16-15-29(3)36(31,32)23-13-11-22(33-4)12-14-23/h5-6,11-14,17,20-21,26H,7-10,15-16,18-19H2,1-4H3,(H,27,30). The van der Waals surface area contributed by atoms with Gasteiger partial charge in [0, 0.05) is 31.1 Å². The molecule has 0 bridgehead atoms. The SMILES string of the molecule is COc1ccc(S(=O)(=O)N(C)CCOCC(=O)NCC2CCC(C(c3cccs3)N(C)C)CC2)cc1. The molecular formula is C26H39N3O5S2. The predicted octanol–water partition coefficient (Wildman–Crippen LogP) is 3.62. The Hall–Kier alpha value is -1.98. The maximum atomic E-state index is 12.7. The molecule has 3 rings (SSSR count). The first-order valence-corrected chi connectivity index (χ1v) is 14.7. The van der Waals surface area contributed by atoms with E-state index in [4.69, 9.17) is 9.47 Å². The van der Waals surface area contributed by atoms with Crippen molar-refractivity contribution in [3.8, 4) is 5.75 Å². The molecule has 0 spiro atoms. The quantitative estimate of drug-likeness (QED) is 0.393. The highest BCUT2D eigenvalue weighted by Crippen LogP contribution is 2.40. The molecule has 8 nitrogen and oxygen atoms in total. The Morgan fingerprint density at radius 2 is 1.81 bits per heavy atom. The maximum Gasteiger partial charge on any atom is 0.246 e. The zero-order chi connectivity index (χ0) is 26.1. The van der Waals surface area contributed by atoms with Crippen molar-refractivity contribution in [1.82, 2.24) is 14.5 Å². The minimum atomic E-state index is -3.63. The average Bonchev–Trinajstić information content (AvgIpc) is 3.40. The summed E-state index contributed by atoms with van der Waals surface area (Å²) in [4.78, 5) is 16.2. The maximum absolute atomic E-state index is 12.7. The van der Waals surface area contributed by atoms with Gasteiger partial charge in [0.15, 0.2) is 0 Å². The van der Waals surface area contributed by atoms with E-state index in [2.05, 4.69) is 41.8 Å². The molecule has 1 unspecified atom stereocenters. The molecule has 1 heterocycles. The molecule has 0 saturated heterocycles. The summed E-state index contributed by atoms with van der Waals surface area (Å²) in [6.45, 7) is 0.876. The number of hydrogen-bond donors (Lipinski definition) is 1. The Bertz CT molecular complexity index is 1030. The number of nitrogens with one attached hydrogen (secondary N) is 1. The minimum Gasteiger partial charge on any atom is -0.497 e. The second-order valence-electron chi connectivity index (χ2n) is 9.56. The number of methoxy groups -OCH3 is 1. The molecule has 10 heteroatoms. The molecule has 0 aliphatic heterocycles. The summed E-state index contributed by atoms with van der Waals surface area (Å²) in [5.74, 6) is 1.55. The number of amides is 1. The molecule has 1 fully saturated rings. The molecule has 36 heavy (non-hydrogen) atoms. The number of sulfonamides is 1. The summed E-state index contributed by atoms with van der Waals surface area (Å²) >= 11 is 1.83. The van der Waals surface area contributed by atoms with Gasteiger partial charge in [-0.25, -0.2) is 8.42 Å². The predicted molar refractivity (Wildman–Crippen MR) is 143 cm³/mol. The number of benzene rings is 1. The molecule has 1 amide bonds. The van der Waals surface area contributed by atoms with Gasteiger partial charge < -0.3 is 19.7 Å². The lowest BCUT2D eigenvalue weighted by Gasteiger charge is -2.37. The third-order valence-corrected chi connectivity index (χ3v) is 9.68. The van der Waals surface area contributed by atoms with Crippen molar-refractivity contribution in [1.29, 1.82) is 0 Å². The van der Waals surface area contributed by atoms with Crippen molar-refractivity contribution < 1.29 is 22.7 Å². The van der Waals surface area contributed by atoms with Crippen LogP contribution in [0.3, 0.4) is 0 Å². The molecule has 1 aromatic heterocycles. The lowest BCUT2D eigenvalue weighted by molar-refractivity contribution is -0.126. The second-order valence-corrected chi connectivity index (χ2v) is 12.6. The summed E-state index contributed by atoms with van der Waals surface area (Å²) in [7, 11) is 3.71. The van der Waals surface area contributed by atoms with Crippen LogP contribution in [0.25, 0.3) is 0 Å². The first-order chi connectivity index (χ1) is 17.2. The monoisotopic (exact) mass is 537 g/mol. The van der Waals surface area contributed by atoms with Crippen molar-refractivity contribution in [2.45, 2.75) is 36.6 Å². The Morgan fingerprint density at radius 3 is 2.39 bits per heavy atom. The minimum absolute atomic E-state index is 0.0765. The first kappa shape index (κ1) is 28.6. The van der Waals surface area contributed by atoms with Gasteiger partial charge in [0.25, 0.3) is 0 Å². The lowest BCUT2D eigenvalue weighted by atomic mass is 9.77. The molecule has 2 aromatic rings. The highest BCUT2D eigenvalue weighted by atomic mass is 32.2. The van der Waals surface area contributed by atoms with E-state index in [1.807, 2.05) is 11.3 Å². The number of likely N-dealkylation sites (N-methyl/N-ethyl adjacent to an activating group) is 1. The van der Waals surface area contributed by atoms with E-state index < -0.39 is 10.0 Å². The Morgan fingerprint density at radius 1 is 1.11 bits per heavy atom. The summed E-state index contributed by atoms with van der Waals surface area (Å²) in [6.07, 6.45) is 4.53. The number of carbonyl (C=O) groups excluding carboxylic acids is 1. The lowest BCUT2D eigenvalue weighted by Crippen LogP contribution is -2.36. The molecule has 1 aliphatic rings. The van der Waals surface area contributed by atoms with Crippen LogP contribution in [0.1, 0.15) is 36.6 Å². The van der Waals surface area contributed by atoms with Crippen LogP contribution in [0.5, 0.6) is 5.75 Å². The summed E-state index contributed by atoms with van der Waals surface area (Å²) in [5.41, 5.74) is 0. The van der Waals surface area contributed by atoms with E-state index in [9.17, 15) is 13.2 Å². The number of nitrogens with zero attached hydrogens (tertiary/aromatic N) is 2. The largest absolute Gasteiger partial charge is 0.497 e. The van der Waals surface area contributed by atoms with Gasteiger partial charge in [-0.15, -0.1) is 11.3 Å². The fourth-order valence-corrected chi connectivity index (χ4v) is 6.96. The second kappa shape index (κ2) is 13.5. The zero-order valence-corrected chi connectivity index (χ0v) is 23.3. The number of carbonyl (C=O) groups is 1. The third kappa shape index (κ3) is 7.76. The van der Waals surface area contributed by atoms with Gasteiger partial charge in [-0.2, -0.15) is 4.31 Å². The smallest absolute Gasteiger partial charge is 0.246 e. The summed E-state index contributed by atoms with van der Waals surface area (Å²) in [6, 6.07) is 11.0. The van der Waals surface area contributed by atoms with Crippen LogP contribution in [0.2, 0.25) is 0 Å². The van der Waals surface area contributed by atoms with Crippen LogP contribution in [-0.2, 0) is 19.6 Å². The van der Waals surface area contributed by atoms with E-state index in [-0.39, 0.29) is 30.6 Å². The van der Waals surface area contributed by atoms with Gasteiger partial charge in [0.2, 0.25) is 15.9 Å². The Labute approximate surface area is 219 Å². The molecular weight excluding hydrogens is 498 g/mol. The zero-order valence-electron chi connectivity index (χ0n) is 21.7. The number of thiophene rings is 1. The van der Waals surface area contributed by atoms with E-state index in [0.29, 0.717) is 30.2 Å². The molecule has 1 N–H and O–H groups in total. The average molecular weight is 538 g/mol. The van der Waals surface area contributed by atoms with Crippen molar-refractivity contribution in [3.63, 3.8) is 0 Å². The third-order valence-electron chi connectivity index (χ3n) is 6.87. The van der Waals surface area contributed by atoms with Crippen molar-refractivity contribution >= 4 is 27.3 Å². The molecule has 0 radical (unpaired) electrons. The van der Waals surface area contributed by atoms with Crippen LogP contribution < -0.4 is 10.1 Å². The molecule has 1 aromatic carbocycles. The van der Waals surface area contributed by atoms with E-state index in [1.54, 1.807) is 12.1 Å². The Kier molecular flexibility index (Phi) is 10.7. The highest BCUT2D eigenvalue weighted by Gasteiger charge is 2.30. The van der Waals surface area contributed by atoms with Gasteiger partial charge in [-0.1, -0.05) is 6.07 Å². The number of rotatable bonds is 13. The van der Waals surface area contributed by atoms with Gasteiger partial charge in [-0.3, -0.25) is 4.79 Å². The van der Waals surface area contributed by atoms with Crippen molar-refractivity contribution in [2.75, 3.05) is 54.6 Å². The van der Waals surface area contributed by atoms with Crippen LogP contribution in [0.4, 0.5) is 0 Å². The topological polar surface area (TPSA) is 88.2 Å². The summed E-state index contributed by atoms with van der Waals surface area (Å²) < 4.78 is 37.1. The van der Waals surface area contributed by atoms with Crippen LogP contribution in [-0.4, -0.2) is 78.1 Å². The molecule has 1 atom stereocenters.